The van der Waals surface area contributed by atoms with Crippen molar-refractivity contribution < 1.29 is 7.80 Å². The second-order valence-electron chi connectivity index (χ2n) is 4.24. The van der Waals surface area contributed by atoms with E-state index in [2.05, 4.69) is 0 Å². The minimum absolute atomic E-state index is 0.120. The number of hydrogen-bond donors (Lipinski definition) is 1. The molecule has 2 N–H and O–H groups in total. The van der Waals surface area contributed by atoms with Gasteiger partial charge in [-0.15, -0.1) is 0 Å². The lowest BCUT2D eigenvalue weighted by molar-refractivity contribution is 0.296. The van der Waals surface area contributed by atoms with Crippen LogP contribution in [0, 0.1) is 6.92 Å². The van der Waals surface area contributed by atoms with E-state index in [9.17, 15) is 4.79 Å². The molecule has 0 atom stereocenters. The Balaban J connectivity index is 3.26. The Labute approximate surface area is 132 Å². The fraction of sp³-hybridized carbons (Fsp3) is 0.357. The zero-order valence-corrected chi connectivity index (χ0v) is 14.2. The Morgan fingerprint density at radius 2 is 2.10 bits per heavy atom. The summed E-state index contributed by atoms with van der Waals surface area (Å²) in [5.41, 5.74) is 7.40. The molecule has 0 aliphatic rings. The van der Waals surface area contributed by atoms with Crippen LogP contribution in [0.15, 0.2) is 34.5 Å². The lowest BCUT2D eigenvalue weighted by atomic mass is 10.2. The molecule has 0 aliphatic carbocycles. The number of hydrogen-bond acceptors (Lipinski definition) is 4. The van der Waals surface area contributed by atoms with Crippen molar-refractivity contribution in [3.8, 4) is 5.75 Å². The van der Waals surface area contributed by atoms with Gasteiger partial charge in [0.15, 0.2) is 28.8 Å². The highest BCUT2D eigenvalue weighted by Gasteiger charge is 2.13. The number of nitrogens with two attached hydrogens (primary N) is 1. The highest BCUT2D eigenvalue weighted by Crippen LogP contribution is 2.24. The standard InChI is InChI=1S/C14H19IN2O3/c1-5-10(11(6-2)19-4)8-17-7-9(3)13(20-15)12(16)14(17)18/h5-7H,8,16H2,1-4H3/b10-5-,11-6+. The second kappa shape index (κ2) is 7.37. The normalized spacial score (nSPS) is 12.4. The summed E-state index contributed by atoms with van der Waals surface area (Å²) in [6, 6.07) is 0. The van der Waals surface area contributed by atoms with E-state index < -0.39 is 0 Å². The van der Waals surface area contributed by atoms with Crippen LogP contribution in [-0.2, 0) is 11.3 Å². The molecule has 0 amide bonds. The number of allylic oxidation sites excluding steroid dienone is 3. The minimum Gasteiger partial charge on any atom is -0.497 e. The van der Waals surface area contributed by atoms with Crippen molar-refractivity contribution in [3.63, 3.8) is 0 Å². The van der Waals surface area contributed by atoms with Gasteiger partial charge in [-0.25, -0.2) is 0 Å². The molecule has 110 valence electrons. The summed E-state index contributed by atoms with van der Waals surface area (Å²) in [6.07, 6.45) is 5.51. The van der Waals surface area contributed by atoms with Crippen molar-refractivity contribution in [2.75, 3.05) is 12.8 Å². The Kier molecular flexibility index (Phi) is 6.12. The first-order chi connectivity index (χ1) is 9.49. The van der Waals surface area contributed by atoms with Gasteiger partial charge in [-0.1, -0.05) is 6.08 Å². The molecule has 0 spiro atoms. The van der Waals surface area contributed by atoms with Gasteiger partial charge in [0.05, 0.1) is 13.7 Å². The summed E-state index contributed by atoms with van der Waals surface area (Å²) in [5, 5.41) is 0. The van der Waals surface area contributed by atoms with Crippen LogP contribution in [-0.4, -0.2) is 11.7 Å². The summed E-state index contributed by atoms with van der Waals surface area (Å²) < 4.78 is 12.0. The third kappa shape index (κ3) is 3.36. The van der Waals surface area contributed by atoms with E-state index in [-0.39, 0.29) is 11.2 Å². The van der Waals surface area contributed by atoms with E-state index in [0.29, 0.717) is 12.3 Å². The van der Waals surface area contributed by atoms with Crippen LogP contribution < -0.4 is 14.4 Å². The molecule has 1 aromatic heterocycles. The van der Waals surface area contributed by atoms with Crippen molar-refractivity contribution >= 4 is 28.7 Å². The van der Waals surface area contributed by atoms with Gasteiger partial charge in [0.25, 0.3) is 5.56 Å². The Morgan fingerprint density at radius 1 is 1.45 bits per heavy atom. The number of aromatic nitrogens is 1. The number of halogens is 1. The molecule has 0 aromatic carbocycles. The van der Waals surface area contributed by atoms with Crippen LogP contribution in [0.3, 0.4) is 0 Å². The molecule has 0 aliphatic heterocycles. The third-order valence-electron chi connectivity index (χ3n) is 3.01. The SMILES string of the molecule is C/C=C(Cn1cc(C)c(OI)c(N)c1=O)\C(=C/C)OC. The van der Waals surface area contributed by atoms with E-state index in [1.807, 2.05) is 32.9 Å². The number of aryl methyl sites for hydroxylation is 1. The van der Waals surface area contributed by atoms with Gasteiger partial charge in [0.1, 0.15) is 11.4 Å². The van der Waals surface area contributed by atoms with Crippen LogP contribution in [0.5, 0.6) is 5.75 Å². The first-order valence-corrected chi connectivity index (χ1v) is 7.02. The zero-order chi connectivity index (χ0) is 15.3. The number of ether oxygens (including phenoxy) is 1. The number of anilines is 1. The molecular formula is C14H19IN2O3. The van der Waals surface area contributed by atoms with E-state index in [1.165, 1.54) is 0 Å². The molecule has 0 fully saturated rings. The van der Waals surface area contributed by atoms with Crippen molar-refractivity contribution in [3.05, 3.63) is 45.6 Å². The Hall–Kier alpha value is -1.44. The maximum Gasteiger partial charge on any atom is 0.277 e. The molecule has 1 heterocycles. The summed E-state index contributed by atoms with van der Waals surface area (Å²) in [4.78, 5) is 12.2. The number of pyridine rings is 1. The van der Waals surface area contributed by atoms with Gasteiger partial charge in [-0.2, -0.15) is 0 Å². The average molecular weight is 390 g/mol. The van der Waals surface area contributed by atoms with Crippen LogP contribution in [0.25, 0.3) is 0 Å². The maximum atomic E-state index is 12.2. The molecule has 0 saturated carbocycles. The topological polar surface area (TPSA) is 66.5 Å². The van der Waals surface area contributed by atoms with Gasteiger partial charge in [-0.3, -0.25) is 4.79 Å². The van der Waals surface area contributed by atoms with Gasteiger partial charge < -0.3 is 18.1 Å². The minimum atomic E-state index is -0.270. The van der Waals surface area contributed by atoms with Gasteiger partial charge in [0, 0.05) is 17.3 Å². The lowest BCUT2D eigenvalue weighted by Crippen LogP contribution is -2.24. The van der Waals surface area contributed by atoms with Gasteiger partial charge in [0.2, 0.25) is 0 Å². The number of nitrogens with zero attached hydrogens (tertiary/aromatic N) is 1. The first-order valence-electron chi connectivity index (χ1n) is 6.14. The summed E-state index contributed by atoms with van der Waals surface area (Å²) in [5.74, 6) is 1.16. The van der Waals surface area contributed by atoms with Crippen LogP contribution >= 0.6 is 23.0 Å². The lowest BCUT2D eigenvalue weighted by Gasteiger charge is -2.15. The third-order valence-corrected chi connectivity index (χ3v) is 3.45. The Bertz CT molecular complexity index is 603. The van der Waals surface area contributed by atoms with E-state index >= 15 is 0 Å². The van der Waals surface area contributed by atoms with E-state index in [0.717, 1.165) is 16.9 Å². The van der Waals surface area contributed by atoms with Gasteiger partial charge in [-0.05, 0) is 26.8 Å². The molecule has 0 saturated heterocycles. The summed E-state index contributed by atoms with van der Waals surface area (Å²) >= 11 is 1.72. The largest absolute Gasteiger partial charge is 0.497 e. The fourth-order valence-electron chi connectivity index (χ4n) is 1.96. The fourth-order valence-corrected chi connectivity index (χ4v) is 2.55. The molecule has 20 heavy (non-hydrogen) atoms. The predicted molar refractivity (Wildman–Crippen MR) is 89.0 cm³/mol. The molecule has 1 rings (SSSR count). The van der Waals surface area contributed by atoms with Crippen molar-refractivity contribution in [1.82, 2.24) is 4.57 Å². The van der Waals surface area contributed by atoms with Crippen LogP contribution in [0.1, 0.15) is 19.4 Å². The highest BCUT2D eigenvalue weighted by molar-refractivity contribution is 14.1. The summed E-state index contributed by atoms with van der Waals surface area (Å²) in [7, 11) is 1.61. The molecule has 0 unspecified atom stereocenters. The zero-order valence-electron chi connectivity index (χ0n) is 12.1. The van der Waals surface area contributed by atoms with Crippen molar-refractivity contribution in [2.45, 2.75) is 27.3 Å². The molecule has 1 aromatic rings. The van der Waals surface area contributed by atoms with Gasteiger partial charge >= 0.3 is 0 Å². The highest BCUT2D eigenvalue weighted by atomic mass is 127. The smallest absolute Gasteiger partial charge is 0.277 e. The molecular weight excluding hydrogens is 371 g/mol. The number of nitrogen functional groups attached to an aromatic ring is 1. The predicted octanol–water partition coefficient (Wildman–Crippen LogP) is 2.96. The van der Waals surface area contributed by atoms with E-state index in [4.69, 9.17) is 13.5 Å². The monoisotopic (exact) mass is 390 g/mol. The molecule has 5 nitrogen and oxygen atoms in total. The second-order valence-corrected chi connectivity index (χ2v) is 4.68. The number of methoxy groups -OCH3 is 1. The van der Waals surface area contributed by atoms with Crippen molar-refractivity contribution in [1.29, 1.82) is 0 Å². The van der Waals surface area contributed by atoms with E-state index in [1.54, 1.807) is 40.9 Å². The Morgan fingerprint density at radius 3 is 2.55 bits per heavy atom. The molecule has 0 radical (unpaired) electrons. The first kappa shape index (κ1) is 16.6. The maximum absolute atomic E-state index is 12.2. The average Bonchev–Trinajstić information content (AvgIpc) is 2.44. The van der Waals surface area contributed by atoms with Crippen LogP contribution in [0.4, 0.5) is 5.69 Å². The molecule has 0 bridgehead atoms. The number of rotatable bonds is 5. The summed E-state index contributed by atoms with van der Waals surface area (Å²) in [6.45, 7) is 6.04. The molecule has 6 heteroatoms. The van der Waals surface area contributed by atoms with Crippen LogP contribution in [0.2, 0.25) is 0 Å². The van der Waals surface area contributed by atoms with Crippen molar-refractivity contribution in [2.24, 2.45) is 0 Å². The quantitative estimate of drug-likeness (QED) is 0.477.